The topological polar surface area (TPSA) is 79.8 Å². The zero-order valence-electron chi connectivity index (χ0n) is 9.60. The van der Waals surface area contributed by atoms with Crippen molar-refractivity contribution >= 4 is 40.5 Å². The van der Waals surface area contributed by atoms with Crippen molar-refractivity contribution < 1.29 is 4.92 Å². The van der Waals surface area contributed by atoms with E-state index < -0.39 is 10.6 Å². The number of nitro groups is 1. The maximum Gasteiger partial charge on any atom is 0.306 e. The van der Waals surface area contributed by atoms with E-state index in [1.165, 1.54) is 24.4 Å². The standard InChI is InChI=1S/C12H4Cl3N3O2/c13-7-2-8(12(15)9(14)3-7)6-1-11(18(19)20)10(4-16)17-5-6/h1-3,5H. The summed E-state index contributed by atoms with van der Waals surface area (Å²) in [6, 6.07) is 5.84. The second-order valence-corrected chi connectivity index (χ2v) is 4.93. The highest BCUT2D eigenvalue weighted by atomic mass is 35.5. The monoisotopic (exact) mass is 327 g/mol. The van der Waals surface area contributed by atoms with Gasteiger partial charge in [-0.1, -0.05) is 34.8 Å². The van der Waals surface area contributed by atoms with E-state index in [0.29, 0.717) is 16.1 Å². The van der Waals surface area contributed by atoms with Crippen molar-refractivity contribution in [2.75, 3.05) is 0 Å². The van der Waals surface area contributed by atoms with Crippen LogP contribution in [-0.2, 0) is 0 Å². The zero-order valence-corrected chi connectivity index (χ0v) is 11.9. The van der Waals surface area contributed by atoms with Gasteiger partial charge in [0.05, 0.1) is 15.0 Å². The van der Waals surface area contributed by atoms with E-state index in [1.807, 2.05) is 0 Å². The van der Waals surface area contributed by atoms with Crippen LogP contribution in [0.25, 0.3) is 11.1 Å². The van der Waals surface area contributed by atoms with Crippen LogP contribution < -0.4 is 0 Å². The molecule has 0 unspecified atom stereocenters. The number of nitrogens with zero attached hydrogens (tertiary/aromatic N) is 3. The molecule has 0 aliphatic carbocycles. The summed E-state index contributed by atoms with van der Waals surface area (Å²) in [5.74, 6) is 0. The number of aromatic nitrogens is 1. The molecule has 1 aromatic heterocycles. The highest BCUT2D eigenvalue weighted by Gasteiger charge is 2.18. The molecule has 0 aliphatic heterocycles. The molecule has 0 spiro atoms. The van der Waals surface area contributed by atoms with Crippen LogP contribution >= 0.6 is 34.8 Å². The third-order valence-electron chi connectivity index (χ3n) is 2.47. The van der Waals surface area contributed by atoms with Crippen LogP contribution in [0.5, 0.6) is 0 Å². The summed E-state index contributed by atoms with van der Waals surface area (Å²) in [5, 5.41) is 20.5. The largest absolute Gasteiger partial charge is 0.306 e. The van der Waals surface area contributed by atoms with Gasteiger partial charge in [0.15, 0.2) is 0 Å². The van der Waals surface area contributed by atoms with Gasteiger partial charge < -0.3 is 0 Å². The van der Waals surface area contributed by atoms with E-state index >= 15 is 0 Å². The quantitative estimate of drug-likeness (QED) is 0.462. The van der Waals surface area contributed by atoms with Crippen molar-refractivity contribution in [2.45, 2.75) is 0 Å². The fourth-order valence-electron chi connectivity index (χ4n) is 1.59. The highest BCUT2D eigenvalue weighted by Crippen LogP contribution is 2.37. The lowest BCUT2D eigenvalue weighted by atomic mass is 10.1. The summed E-state index contributed by atoms with van der Waals surface area (Å²) in [4.78, 5) is 14.0. The first kappa shape index (κ1) is 14.5. The highest BCUT2D eigenvalue weighted by molar-refractivity contribution is 6.45. The van der Waals surface area contributed by atoms with Gasteiger partial charge in [-0.05, 0) is 12.1 Å². The lowest BCUT2D eigenvalue weighted by Gasteiger charge is -2.07. The number of pyridine rings is 1. The number of hydrogen-bond donors (Lipinski definition) is 0. The molecular formula is C12H4Cl3N3O2. The Hall–Kier alpha value is -1.87. The SMILES string of the molecule is N#Cc1ncc(-c2cc(Cl)cc(Cl)c2Cl)cc1[N+](=O)[O-]. The van der Waals surface area contributed by atoms with Crippen molar-refractivity contribution in [1.82, 2.24) is 4.98 Å². The molecule has 8 heteroatoms. The van der Waals surface area contributed by atoms with Crippen LogP contribution in [0.4, 0.5) is 5.69 Å². The molecule has 0 bridgehead atoms. The molecule has 2 rings (SSSR count). The third-order valence-corrected chi connectivity index (χ3v) is 3.49. The predicted octanol–water partition coefficient (Wildman–Crippen LogP) is 4.49. The van der Waals surface area contributed by atoms with Gasteiger partial charge in [-0.2, -0.15) is 5.26 Å². The van der Waals surface area contributed by atoms with E-state index in [9.17, 15) is 10.1 Å². The molecule has 0 amide bonds. The van der Waals surface area contributed by atoms with Crippen LogP contribution in [0.3, 0.4) is 0 Å². The Morgan fingerprint density at radius 1 is 1.25 bits per heavy atom. The van der Waals surface area contributed by atoms with Gasteiger partial charge in [0.2, 0.25) is 5.69 Å². The van der Waals surface area contributed by atoms with Crippen LogP contribution in [0.15, 0.2) is 24.4 Å². The molecule has 1 heterocycles. The van der Waals surface area contributed by atoms with E-state index in [1.54, 1.807) is 6.07 Å². The summed E-state index contributed by atoms with van der Waals surface area (Å²) in [7, 11) is 0. The van der Waals surface area contributed by atoms with Gasteiger partial charge in [0, 0.05) is 28.4 Å². The zero-order chi connectivity index (χ0) is 14.9. The molecule has 1 aromatic carbocycles. The first-order valence-corrected chi connectivity index (χ1v) is 6.27. The van der Waals surface area contributed by atoms with Crippen molar-refractivity contribution in [1.29, 1.82) is 5.26 Å². The normalized spacial score (nSPS) is 10.1. The van der Waals surface area contributed by atoms with Gasteiger partial charge in [-0.25, -0.2) is 4.98 Å². The predicted molar refractivity (Wildman–Crippen MR) is 76.1 cm³/mol. The molecule has 0 fully saturated rings. The molecule has 20 heavy (non-hydrogen) atoms. The van der Waals surface area contributed by atoms with Gasteiger partial charge >= 0.3 is 5.69 Å². The fraction of sp³-hybridized carbons (Fsp3) is 0. The number of nitriles is 1. The Morgan fingerprint density at radius 3 is 2.55 bits per heavy atom. The third kappa shape index (κ3) is 2.68. The smallest absolute Gasteiger partial charge is 0.258 e. The van der Waals surface area contributed by atoms with Crippen molar-refractivity contribution in [2.24, 2.45) is 0 Å². The molecule has 0 N–H and O–H groups in total. The van der Waals surface area contributed by atoms with Crippen LogP contribution in [0.2, 0.25) is 15.1 Å². The van der Waals surface area contributed by atoms with Gasteiger partial charge in [-0.15, -0.1) is 0 Å². The molecule has 0 radical (unpaired) electrons. The molecule has 0 aliphatic rings. The number of benzene rings is 1. The van der Waals surface area contributed by atoms with Gasteiger partial charge in [0.25, 0.3) is 0 Å². The Bertz CT molecular complexity index is 756. The second kappa shape index (κ2) is 5.63. The molecule has 0 saturated heterocycles. The number of halogens is 3. The molecule has 2 aromatic rings. The van der Waals surface area contributed by atoms with E-state index in [4.69, 9.17) is 40.1 Å². The molecule has 0 atom stereocenters. The van der Waals surface area contributed by atoms with Crippen molar-refractivity contribution in [3.05, 3.63) is 55.3 Å². The molecule has 5 nitrogen and oxygen atoms in total. The second-order valence-electron chi connectivity index (χ2n) is 3.71. The Kier molecular flexibility index (Phi) is 4.09. The summed E-state index contributed by atoms with van der Waals surface area (Å²) < 4.78 is 0. The molecular weight excluding hydrogens is 325 g/mol. The molecule has 0 saturated carbocycles. The Labute approximate surface area is 128 Å². The first-order valence-electron chi connectivity index (χ1n) is 5.13. The summed E-state index contributed by atoms with van der Waals surface area (Å²) in [5.41, 5.74) is 0.0783. The molecule has 100 valence electrons. The van der Waals surface area contributed by atoms with Crippen molar-refractivity contribution in [3.63, 3.8) is 0 Å². The summed E-state index contributed by atoms with van der Waals surface area (Å²) in [6.07, 6.45) is 1.30. The lowest BCUT2D eigenvalue weighted by Crippen LogP contribution is -1.96. The van der Waals surface area contributed by atoms with Crippen molar-refractivity contribution in [3.8, 4) is 17.2 Å². The maximum atomic E-state index is 10.9. The maximum absolute atomic E-state index is 10.9. The average Bonchev–Trinajstić information content (AvgIpc) is 2.42. The van der Waals surface area contributed by atoms with E-state index in [0.717, 1.165) is 0 Å². The summed E-state index contributed by atoms with van der Waals surface area (Å²) >= 11 is 17.8. The minimum absolute atomic E-state index is 0.205. The van der Waals surface area contributed by atoms with Crippen LogP contribution in [-0.4, -0.2) is 9.91 Å². The Balaban J connectivity index is 2.69. The van der Waals surface area contributed by atoms with Gasteiger partial charge in [0.1, 0.15) is 6.07 Å². The number of rotatable bonds is 2. The minimum atomic E-state index is -0.685. The van der Waals surface area contributed by atoms with Gasteiger partial charge in [-0.3, -0.25) is 10.1 Å². The lowest BCUT2D eigenvalue weighted by molar-refractivity contribution is -0.385. The minimum Gasteiger partial charge on any atom is -0.258 e. The van der Waals surface area contributed by atoms with Crippen LogP contribution in [0, 0.1) is 21.4 Å². The average molecular weight is 329 g/mol. The van der Waals surface area contributed by atoms with E-state index in [-0.39, 0.29) is 15.7 Å². The van der Waals surface area contributed by atoms with E-state index in [2.05, 4.69) is 4.98 Å². The van der Waals surface area contributed by atoms with Crippen LogP contribution in [0.1, 0.15) is 5.69 Å². The Morgan fingerprint density at radius 2 is 1.95 bits per heavy atom. The first-order chi connectivity index (χ1) is 9.43. The summed E-state index contributed by atoms with van der Waals surface area (Å²) in [6.45, 7) is 0. The fourth-order valence-corrected chi connectivity index (χ4v) is 2.30. The number of hydrogen-bond acceptors (Lipinski definition) is 4.